The second-order valence-electron chi connectivity index (χ2n) is 3.92. The topological polar surface area (TPSA) is 37.3 Å². The van der Waals surface area contributed by atoms with Crippen LogP contribution in [0.5, 0.6) is 0 Å². The molecular weight excluding hydrogens is 212 g/mol. The normalized spacial score (nSPS) is 11.7. The molecule has 2 aromatic carbocycles. The van der Waals surface area contributed by atoms with Crippen LogP contribution in [0.1, 0.15) is 18.9 Å². The highest BCUT2D eigenvalue weighted by Crippen LogP contribution is 2.23. The lowest BCUT2D eigenvalue weighted by atomic mass is 9.99. The van der Waals surface area contributed by atoms with E-state index in [1.807, 2.05) is 49.4 Å². The Balaban J connectivity index is 2.51. The largest absolute Gasteiger partial charge is 0.478 e. The zero-order valence-corrected chi connectivity index (χ0v) is 9.68. The second kappa shape index (κ2) is 4.83. The minimum absolute atomic E-state index is 0.713. The third kappa shape index (κ3) is 2.53. The van der Waals surface area contributed by atoms with Crippen molar-refractivity contribution in [3.05, 3.63) is 54.1 Å². The first-order valence-corrected chi connectivity index (χ1v) is 5.63. The van der Waals surface area contributed by atoms with Gasteiger partial charge in [0.05, 0.1) is 0 Å². The van der Waals surface area contributed by atoms with Crippen molar-refractivity contribution in [2.45, 2.75) is 13.3 Å². The molecule has 0 heterocycles. The lowest BCUT2D eigenvalue weighted by Gasteiger charge is -2.06. The Morgan fingerprint density at radius 3 is 2.53 bits per heavy atom. The van der Waals surface area contributed by atoms with Crippen molar-refractivity contribution in [1.82, 2.24) is 0 Å². The SMILES string of the molecule is CC/C(=C/C(=O)O)c1ccc2ccccc2c1. The van der Waals surface area contributed by atoms with Crippen LogP contribution in [0.3, 0.4) is 0 Å². The molecule has 0 amide bonds. The summed E-state index contributed by atoms with van der Waals surface area (Å²) >= 11 is 0. The molecule has 2 aromatic rings. The van der Waals surface area contributed by atoms with E-state index in [2.05, 4.69) is 0 Å². The third-order valence-electron chi connectivity index (χ3n) is 2.80. The van der Waals surface area contributed by atoms with Crippen LogP contribution in [0.15, 0.2) is 48.5 Å². The molecule has 0 atom stereocenters. The maximum atomic E-state index is 10.7. The van der Waals surface area contributed by atoms with Gasteiger partial charge in [-0.05, 0) is 34.4 Å². The highest BCUT2D eigenvalue weighted by Gasteiger charge is 2.03. The minimum atomic E-state index is -0.894. The van der Waals surface area contributed by atoms with E-state index in [0.717, 1.165) is 16.5 Å². The summed E-state index contributed by atoms with van der Waals surface area (Å²) in [5, 5.41) is 11.1. The van der Waals surface area contributed by atoms with Gasteiger partial charge in [0.15, 0.2) is 0 Å². The van der Waals surface area contributed by atoms with Gasteiger partial charge in [0.2, 0.25) is 0 Å². The van der Waals surface area contributed by atoms with Crippen molar-refractivity contribution in [2.75, 3.05) is 0 Å². The molecule has 0 fully saturated rings. The molecule has 0 unspecified atom stereocenters. The fraction of sp³-hybridized carbons (Fsp3) is 0.133. The fourth-order valence-electron chi connectivity index (χ4n) is 1.93. The molecule has 0 spiro atoms. The van der Waals surface area contributed by atoms with E-state index in [0.29, 0.717) is 6.42 Å². The summed E-state index contributed by atoms with van der Waals surface area (Å²) in [7, 11) is 0. The Bertz CT molecular complexity index is 582. The van der Waals surface area contributed by atoms with E-state index in [-0.39, 0.29) is 0 Å². The van der Waals surface area contributed by atoms with Crippen LogP contribution in [0.2, 0.25) is 0 Å². The van der Waals surface area contributed by atoms with Crippen molar-refractivity contribution < 1.29 is 9.90 Å². The van der Waals surface area contributed by atoms with Gasteiger partial charge < -0.3 is 5.11 Å². The Labute approximate surface area is 100 Å². The second-order valence-corrected chi connectivity index (χ2v) is 3.92. The van der Waals surface area contributed by atoms with Gasteiger partial charge in [0, 0.05) is 6.08 Å². The van der Waals surface area contributed by atoms with Crippen LogP contribution in [-0.4, -0.2) is 11.1 Å². The monoisotopic (exact) mass is 226 g/mol. The van der Waals surface area contributed by atoms with Crippen molar-refractivity contribution in [3.8, 4) is 0 Å². The molecule has 0 aliphatic heterocycles. The van der Waals surface area contributed by atoms with Gasteiger partial charge in [-0.1, -0.05) is 43.3 Å². The molecule has 0 bridgehead atoms. The summed E-state index contributed by atoms with van der Waals surface area (Å²) in [5.74, 6) is -0.894. The summed E-state index contributed by atoms with van der Waals surface area (Å²) < 4.78 is 0. The Morgan fingerprint density at radius 1 is 1.18 bits per heavy atom. The highest BCUT2D eigenvalue weighted by atomic mass is 16.4. The predicted octanol–water partition coefficient (Wildman–Crippen LogP) is 3.72. The highest BCUT2D eigenvalue weighted by molar-refractivity contribution is 5.92. The fourth-order valence-corrected chi connectivity index (χ4v) is 1.93. The van der Waals surface area contributed by atoms with Crippen LogP contribution in [-0.2, 0) is 4.79 Å². The molecule has 0 aliphatic carbocycles. The smallest absolute Gasteiger partial charge is 0.328 e. The molecule has 0 aromatic heterocycles. The summed E-state index contributed by atoms with van der Waals surface area (Å²) in [6.45, 7) is 1.96. The summed E-state index contributed by atoms with van der Waals surface area (Å²) in [6.07, 6.45) is 1.99. The van der Waals surface area contributed by atoms with Crippen molar-refractivity contribution in [3.63, 3.8) is 0 Å². The number of benzene rings is 2. The summed E-state index contributed by atoms with van der Waals surface area (Å²) in [4.78, 5) is 10.7. The van der Waals surface area contributed by atoms with Crippen molar-refractivity contribution >= 4 is 22.3 Å². The standard InChI is InChI=1S/C15H14O2/c1-2-11(10-15(16)17)14-8-7-12-5-3-4-6-13(12)9-14/h3-10H,2H2,1H3,(H,16,17)/b11-10-. The van der Waals surface area contributed by atoms with Gasteiger partial charge in [-0.15, -0.1) is 0 Å². The maximum absolute atomic E-state index is 10.7. The molecule has 2 heteroatoms. The molecule has 2 rings (SSSR count). The van der Waals surface area contributed by atoms with Crippen LogP contribution in [0.4, 0.5) is 0 Å². The number of carbonyl (C=O) groups is 1. The Morgan fingerprint density at radius 2 is 1.88 bits per heavy atom. The molecular formula is C15H14O2. The number of rotatable bonds is 3. The maximum Gasteiger partial charge on any atom is 0.328 e. The average Bonchev–Trinajstić information content (AvgIpc) is 2.35. The van der Waals surface area contributed by atoms with E-state index in [9.17, 15) is 4.79 Å². The van der Waals surface area contributed by atoms with E-state index >= 15 is 0 Å². The molecule has 0 saturated heterocycles. The first-order valence-electron chi connectivity index (χ1n) is 5.63. The minimum Gasteiger partial charge on any atom is -0.478 e. The molecule has 1 N–H and O–H groups in total. The van der Waals surface area contributed by atoms with Gasteiger partial charge in [0.25, 0.3) is 0 Å². The molecule has 0 saturated carbocycles. The molecule has 17 heavy (non-hydrogen) atoms. The average molecular weight is 226 g/mol. The van der Waals surface area contributed by atoms with Gasteiger partial charge in [-0.25, -0.2) is 4.79 Å². The first kappa shape index (κ1) is 11.4. The molecule has 86 valence electrons. The van der Waals surface area contributed by atoms with Crippen LogP contribution >= 0.6 is 0 Å². The first-order chi connectivity index (χ1) is 8.20. The number of carboxylic acids is 1. The van der Waals surface area contributed by atoms with Gasteiger partial charge in [-0.2, -0.15) is 0 Å². The van der Waals surface area contributed by atoms with E-state index in [1.54, 1.807) is 0 Å². The van der Waals surface area contributed by atoms with Crippen molar-refractivity contribution in [2.24, 2.45) is 0 Å². The van der Waals surface area contributed by atoms with Crippen molar-refractivity contribution in [1.29, 1.82) is 0 Å². The zero-order chi connectivity index (χ0) is 12.3. The van der Waals surface area contributed by atoms with Gasteiger partial charge >= 0.3 is 5.97 Å². The quantitative estimate of drug-likeness (QED) is 0.810. The number of hydrogen-bond acceptors (Lipinski definition) is 1. The lowest BCUT2D eigenvalue weighted by Crippen LogP contribution is -1.92. The van der Waals surface area contributed by atoms with Crippen LogP contribution < -0.4 is 0 Å². The molecule has 0 aliphatic rings. The summed E-state index contributed by atoms with van der Waals surface area (Å²) in [5.41, 5.74) is 1.83. The summed E-state index contributed by atoms with van der Waals surface area (Å²) in [6, 6.07) is 14.1. The van der Waals surface area contributed by atoms with E-state index < -0.39 is 5.97 Å². The van der Waals surface area contributed by atoms with Crippen LogP contribution in [0.25, 0.3) is 16.3 Å². The Hall–Kier alpha value is -2.09. The Kier molecular flexibility index (Phi) is 3.24. The van der Waals surface area contributed by atoms with Gasteiger partial charge in [-0.3, -0.25) is 0 Å². The number of aliphatic carboxylic acids is 1. The van der Waals surface area contributed by atoms with Crippen LogP contribution in [0, 0.1) is 0 Å². The molecule has 0 radical (unpaired) electrons. The van der Waals surface area contributed by atoms with E-state index in [1.165, 1.54) is 11.5 Å². The van der Waals surface area contributed by atoms with Gasteiger partial charge in [0.1, 0.15) is 0 Å². The predicted molar refractivity (Wildman–Crippen MR) is 69.9 cm³/mol. The lowest BCUT2D eigenvalue weighted by molar-refractivity contribution is -0.131. The number of allylic oxidation sites excluding steroid dienone is 1. The number of carboxylic acid groups (broad SMARTS) is 1. The molecule has 2 nitrogen and oxygen atoms in total. The number of hydrogen-bond donors (Lipinski definition) is 1. The number of fused-ring (bicyclic) bond motifs is 1. The third-order valence-corrected chi connectivity index (χ3v) is 2.80. The zero-order valence-electron chi connectivity index (χ0n) is 9.68. The van der Waals surface area contributed by atoms with E-state index in [4.69, 9.17) is 5.11 Å².